The predicted octanol–water partition coefficient (Wildman–Crippen LogP) is 2.51. The lowest BCUT2D eigenvalue weighted by molar-refractivity contribution is -0.141. The van der Waals surface area contributed by atoms with Crippen LogP contribution in [0.3, 0.4) is 0 Å². The van der Waals surface area contributed by atoms with Gasteiger partial charge in [0.05, 0.1) is 11.6 Å². The Morgan fingerprint density at radius 1 is 1.22 bits per heavy atom. The van der Waals surface area contributed by atoms with Gasteiger partial charge in [0.25, 0.3) is 5.91 Å². The molecule has 1 aliphatic rings. The molecular formula is C21H21N3O3. The number of amides is 2. The fourth-order valence-corrected chi connectivity index (χ4v) is 3.09. The van der Waals surface area contributed by atoms with E-state index in [-0.39, 0.29) is 31.0 Å². The average Bonchev–Trinajstić information content (AvgIpc) is 2.68. The number of hydrogen-bond acceptors (Lipinski definition) is 4. The minimum absolute atomic E-state index is 0.0110. The van der Waals surface area contributed by atoms with Crippen molar-refractivity contribution < 1.29 is 14.3 Å². The highest BCUT2D eigenvalue weighted by Gasteiger charge is 2.33. The van der Waals surface area contributed by atoms with Gasteiger partial charge in [-0.25, -0.2) is 0 Å². The molecule has 1 fully saturated rings. The number of carbonyl (C=O) groups excluding carboxylic acids is 2. The van der Waals surface area contributed by atoms with Gasteiger partial charge >= 0.3 is 0 Å². The van der Waals surface area contributed by atoms with Crippen molar-refractivity contribution >= 4 is 17.5 Å². The first-order chi connectivity index (χ1) is 13.0. The van der Waals surface area contributed by atoms with Crippen molar-refractivity contribution in [3.05, 3.63) is 59.7 Å². The first kappa shape index (κ1) is 18.5. The van der Waals surface area contributed by atoms with E-state index in [2.05, 4.69) is 6.07 Å². The molecule has 2 amide bonds. The van der Waals surface area contributed by atoms with Gasteiger partial charge in [-0.05, 0) is 49.7 Å². The summed E-state index contributed by atoms with van der Waals surface area (Å²) in [5.74, 6) is 0.307. The number of para-hydroxylation sites is 1. The van der Waals surface area contributed by atoms with E-state index in [1.165, 1.54) is 0 Å². The Morgan fingerprint density at radius 3 is 2.59 bits per heavy atom. The van der Waals surface area contributed by atoms with Crippen molar-refractivity contribution in [2.45, 2.75) is 19.9 Å². The van der Waals surface area contributed by atoms with Gasteiger partial charge in [0.1, 0.15) is 12.3 Å². The molecule has 0 bridgehead atoms. The van der Waals surface area contributed by atoms with E-state index in [1.54, 1.807) is 34.1 Å². The minimum Gasteiger partial charge on any atom is -0.484 e. The van der Waals surface area contributed by atoms with Crippen LogP contribution in [-0.2, 0) is 9.59 Å². The summed E-state index contributed by atoms with van der Waals surface area (Å²) in [7, 11) is 0. The quantitative estimate of drug-likeness (QED) is 0.837. The van der Waals surface area contributed by atoms with Gasteiger partial charge in [0, 0.05) is 18.3 Å². The lowest BCUT2D eigenvalue weighted by atomic mass is 10.1. The Bertz CT molecular complexity index is 886. The number of rotatable bonds is 4. The second-order valence-corrected chi connectivity index (χ2v) is 6.59. The zero-order valence-corrected chi connectivity index (χ0v) is 15.4. The molecule has 1 heterocycles. The zero-order chi connectivity index (χ0) is 19.4. The van der Waals surface area contributed by atoms with Crippen LogP contribution in [0.4, 0.5) is 5.69 Å². The first-order valence-electron chi connectivity index (χ1n) is 8.78. The molecule has 1 atom stereocenters. The van der Waals surface area contributed by atoms with Crippen LogP contribution in [0.25, 0.3) is 0 Å². The standard InChI is InChI=1S/C21H21N3O3/c1-15-5-3-4-6-19(15)27-14-21(26)23-13-20(25)24(12-16(23)2)18-9-7-17(11-22)8-10-18/h3-10,16H,12-14H2,1-2H3. The smallest absolute Gasteiger partial charge is 0.261 e. The molecule has 2 aromatic carbocycles. The summed E-state index contributed by atoms with van der Waals surface area (Å²) in [4.78, 5) is 28.3. The molecule has 0 N–H and O–H groups in total. The fourth-order valence-electron chi connectivity index (χ4n) is 3.09. The fraction of sp³-hybridized carbons (Fsp3) is 0.286. The number of nitriles is 1. The van der Waals surface area contributed by atoms with Crippen molar-refractivity contribution in [3.8, 4) is 11.8 Å². The van der Waals surface area contributed by atoms with E-state index in [0.29, 0.717) is 17.9 Å². The molecule has 0 aromatic heterocycles. The summed E-state index contributed by atoms with van der Waals surface area (Å²) in [6, 6.07) is 16.3. The molecular weight excluding hydrogens is 342 g/mol. The van der Waals surface area contributed by atoms with Crippen LogP contribution in [0, 0.1) is 18.3 Å². The third-order valence-corrected chi connectivity index (χ3v) is 4.66. The van der Waals surface area contributed by atoms with E-state index >= 15 is 0 Å². The van der Waals surface area contributed by atoms with Crippen LogP contribution < -0.4 is 9.64 Å². The van der Waals surface area contributed by atoms with Crippen LogP contribution in [-0.4, -0.2) is 42.5 Å². The Kier molecular flexibility index (Phi) is 5.41. The summed E-state index contributed by atoms with van der Waals surface area (Å²) in [5, 5.41) is 8.89. The van der Waals surface area contributed by atoms with Crippen LogP contribution in [0.1, 0.15) is 18.1 Å². The Hall–Kier alpha value is -3.33. The van der Waals surface area contributed by atoms with Gasteiger partial charge in [-0.2, -0.15) is 5.26 Å². The zero-order valence-electron chi connectivity index (χ0n) is 15.4. The number of anilines is 1. The lowest BCUT2D eigenvalue weighted by Crippen LogP contribution is -2.58. The first-order valence-corrected chi connectivity index (χ1v) is 8.78. The van der Waals surface area contributed by atoms with Crippen molar-refractivity contribution in [2.75, 3.05) is 24.6 Å². The number of hydrogen-bond donors (Lipinski definition) is 0. The Balaban J connectivity index is 1.64. The molecule has 138 valence electrons. The van der Waals surface area contributed by atoms with Crippen molar-refractivity contribution in [2.24, 2.45) is 0 Å². The molecule has 6 heteroatoms. The molecule has 1 saturated heterocycles. The lowest BCUT2D eigenvalue weighted by Gasteiger charge is -2.39. The van der Waals surface area contributed by atoms with Crippen LogP contribution in [0.2, 0.25) is 0 Å². The summed E-state index contributed by atoms with van der Waals surface area (Å²) < 4.78 is 5.63. The van der Waals surface area contributed by atoms with Crippen LogP contribution in [0.5, 0.6) is 5.75 Å². The topological polar surface area (TPSA) is 73.6 Å². The predicted molar refractivity (Wildman–Crippen MR) is 101 cm³/mol. The second-order valence-electron chi connectivity index (χ2n) is 6.59. The van der Waals surface area contributed by atoms with E-state index in [4.69, 9.17) is 10.00 Å². The van der Waals surface area contributed by atoms with Gasteiger partial charge in [-0.1, -0.05) is 18.2 Å². The second kappa shape index (κ2) is 7.92. The maximum atomic E-state index is 12.6. The average molecular weight is 363 g/mol. The molecule has 0 saturated carbocycles. The number of ether oxygens (including phenoxy) is 1. The van der Waals surface area contributed by atoms with Crippen molar-refractivity contribution in [1.82, 2.24) is 4.90 Å². The van der Waals surface area contributed by atoms with E-state index < -0.39 is 0 Å². The summed E-state index contributed by atoms with van der Waals surface area (Å²) in [5.41, 5.74) is 2.23. The van der Waals surface area contributed by atoms with Crippen molar-refractivity contribution in [3.63, 3.8) is 0 Å². The van der Waals surface area contributed by atoms with Gasteiger partial charge < -0.3 is 14.5 Å². The maximum absolute atomic E-state index is 12.6. The van der Waals surface area contributed by atoms with Crippen LogP contribution in [0.15, 0.2) is 48.5 Å². The number of aryl methyl sites for hydroxylation is 1. The molecule has 2 aromatic rings. The number of carbonyl (C=O) groups is 2. The highest BCUT2D eigenvalue weighted by atomic mass is 16.5. The molecule has 0 aliphatic carbocycles. The van der Waals surface area contributed by atoms with Crippen LogP contribution >= 0.6 is 0 Å². The monoisotopic (exact) mass is 363 g/mol. The maximum Gasteiger partial charge on any atom is 0.261 e. The van der Waals surface area contributed by atoms with E-state index in [9.17, 15) is 9.59 Å². The highest BCUT2D eigenvalue weighted by Crippen LogP contribution is 2.21. The largest absolute Gasteiger partial charge is 0.484 e. The summed E-state index contributed by atoms with van der Waals surface area (Å²) in [6.45, 7) is 4.15. The number of nitrogens with zero attached hydrogens (tertiary/aromatic N) is 3. The van der Waals surface area contributed by atoms with Gasteiger partial charge in [0.2, 0.25) is 5.91 Å². The van der Waals surface area contributed by atoms with Gasteiger partial charge in [-0.15, -0.1) is 0 Å². The molecule has 0 radical (unpaired) electrons. The van der Waals surface area contributed by atoms with E-state index in [1.807, 2.05) is 38.1 Å². The van der Waals surface area contributed by atoms with E-state index in [0.717, 1.165) is 11.3 Å². The summed E-state index contributed by atoms with van der Waals surface area (Å²) in [6.07, 6.45) is 0. The normalized spacial score (nSPS) is 16.8. The van der Waals surface area contributed by atoms with Gasteiger partial charge in [-0.3, -0.25) is 9.59 Å². The third-order valence-electron chi connectivity index (χ3n) is 4.66. The molecule has 1 aliphatic heterocycles. The SMILES string of the molecule is Cc1ccccc1OCC(=O)N1CC(=O)N(c2ccc(C#N)cc2)CC1C. The molecule has 3 rings (SSSR count). The molecule has 1 unspecified atom stereocenters. The molecule has 0 spiro atoms. The minimum atomic E-state index is -0.210. The number of benzene rings is 2. The summed E-state index contributed by atoms with van der Waals surface area (Å²) >= 11 is 0. The Labute approximate surface area is 158 Å². The highest BCUT2D eigenvalue weighted by molar-refractivity contribution is 5.98. The van der Waals surface area contributed by atoms with Gasteiger partial charge in [0.15, 0.2) is 6.61 Å². The third kappa shape index (κ3) is 4.09. The molecule has 6 nitrogen and oxygen atoms in total. The Morgan fingerprint density at radius 2 is 1.93 bits per heavy atom. The number of piperazine rings is 1. The molecule has 27 heavy (non-hydrogen) atoms. The van der Waals surface area contributed by atoms with Crippen molar-refractivity contribution in [1.29, 1.82) is 5.26 Å².